The fraction of sp³-hybridized carbons (Fsp3) is 0.348. The number of hydrogen-bond acceptors (Lipinski definition) is 5. The van der Waals surface area contributed by atoms with Crippen LogP contribution < -0.4 is 15.6 Å². The fourth-order valence-electron chi connectivity index (χ4n) is 3.09. The Morgan fingerprint density at radius 1 is 1.23 bits per heavy atom. The van der Waals surface area contributed by atoms with Crippen molar-refractivity contribution in [1.29, 1.82) is 0 Å². The van der Waals surface area contributed by atoms with Gasteiger partial charge < -0.3 is 10.1 Å². The van der Waals surface area contributed by atoms with Gasteiger partial charge in [0.25, 0.3) is 5.56 Å². The summed E-state index contributed by atoms with van der Waals surface area (Å²) in [6.07, 6.45) is 0. The number of benzene rings is 2. The zero-order chi connectivity index (χ0) is 22.9. The van der Waals surface area contributed by atoms with E-state index in [1.54, 1.807) is 32.2 Å². The summed E-state index contributed by atoms with van der Waals surface area (Å²) in [4.78, 5) is 30.9. The second-order valence-electron chi connectivity index (χ2n) is 8.37. The molecule has 2 aromatic carbocycles. The van der Waals surface area contributed by atoms with Crippen LogP contribution in [-0.2, 0) is 4.79 Å². The normalized spacial score (nSPS) is 12.6. The Hall–Kier alpha value is -2.51. The van der Waals surface area contributed by atoms with Gasteiger partial charge in [-0.1, -0.05) is 29.4 Å². The van der Waals surface area contributed by atoms with Crippen LogP contribution in [0.2, 0.25) is 5.02 Å². The van der Waals surface area contributed by atoms with E-state index >= 15 is 0 Å². The summed E-state index contributed by atoms with van der Waals surface area (Å²) in [6, 6.07) is 10.6. The van der Waals surface area contributed by atoms with Crippen molar-refractivity contribution in [2.45, 2.75) is 50.6 Å². The molecule has 0 bridgehead atoms. The fourth-order valence-corrected chi connectivity index (χ4v) is 4.17. The van der Waals surface area contributed by atoms with Gasteiger partial charge in [0.05, 0.1) is 29.0 Å². The van der Waals surface area contributed by atoms with Crippen LogP contribution in [0.25, 0.3) is 16.6 Å². The Labute approximate surface area is 191 Å². The molecule has 0 aliphatic rings. The molecule has 0 radical (unpaired) electrons. The van der Waals surface area contributed by atoms with Gasteiger partial charge in [0, 0.05) is 10.6 Å². The first-order valence-electron chi connectivity index (χ1n) is 9.86. The number of carbonyl (C=O) groups excluding carboxylic acids is 1. The molecule has 1 amide bonds. The van der Waals surface area contributed by atoms with Gasteiger partial charge in [0.2, 0.25) is 5.91 Å². The molecule has 1 atom stereocenters. The number of aryl methyl sites for hydroxylation is 1. The Morgan fingerprint density at radius 3 is 2.58 bits per heavy atom. The Kier molecular flexibility index (Phi) is 6.67. The lowest BCUT2D eigenvalue weighted by Gasteiger charge is -2.23. The van der Waals surface area contributed by atoms with Crippen LogP contribution in [0.3, 0.4) is 0 Å². The third kappa shape index (κ3) is 5.22. The van der Waals surface area contributed by atoms with Gasteiger partial charge in [-0.2, -0.15) is 0 Å². The van der Waals surface area contributed by atoms with Crippen LogP contribution in [0.4, 0.5) is 0 Å². The van der Waals surface area contributed by atoms with Crippen molar-refractivity contribution in [3.8, 4) is 11.4 Å². The molecule has 8 heteroatoms. The van der Waals surface area contributed by atoms with Gasteiger partial charge in [0.1, 0.15) is 5.75 Å². The molecule has 1 heterocycles. The maximum atomic E-state index is 13.5. The van der Waals surface area contributed by atoms with Crippen molar-refractivity contribution >= 4 is 40.2 Å². The zero-order valence-electron chi connectivity index (χ0n) is 18.4. The van der Waals surface area contributed by atoms with E-state index in [0.717, 1.165) is 5.56 Å². The van der Waals surface area contributed by atoms with E-state index in [9.17, 15) is 9.59 Å². The summed E-state index contributed by atoms with van der Waals surface area (Å²) < 4.78 is 7.02. The van der Waals surface area contributed by atoms with Gasteiger partial charge >= 0.3 is 0 Å². The third-order valence-electron chi connectivity index (χ3n) is 4.53. The minimum atomic E-state index is -0.482. The van der Waals surface area contributed by atoms with E-state index in [-0.39, 0.29) is 17.0 Å². The largest absolute Gasteiger partial charge is 0.495 e. The molecule has 0 saturated carbocycles. The average Bonchev–Trinajstić information content (AvgIpc) is 2.66. The highest BCUT2D eigenvalue weighted by Gasteiger charge is 2.24. The summed E-state index contributed by atoms with van der Waals surface area (Å²) in [6.45, 7) is 9.50. The van der Waals surface area contributed by atoms with E-state index in [1.807, 2.05) is 45.9 Å². The van der Waals surface area contributed by atoms with Gasteiger partial charge in [0.15, 0.2) is 5.16 Å². The Balaban J connectivity index is 2.22. The lowest BCUT2D eigenvalue weighted by atomic mass is 10.1. The summed E-state index contributed by atoms with van der Waals surface area (Å²) in [5, 5.41) is 3.80. The number of carbonyl (C=O) groups is 1. The number of nitrogens with one attached hydrogen (secondary N) is 1. The molecule has 0 fully saturated rings. The Morgan fingerprint density at radius 2 is 1.94 bits per heavy atom. The summed E-state index contributed by atoms with van der Waals surface area (Å²) in [5.41, 5.74) is 1.40. The van der Waals surface area contributed by atoms with Gasteiger partial charge in [-0.3, -0.25) is 14.2 Å². The number of methoxy groups -OCH3 is 1. The second kappa shape index (κ2) is 8.93. The smallest absolute Gasteiger partial charge is 0.266 e. The van der Waals surface area contributed by atoms with Crippen LogP contribution in [0.1, 0.15) is 33.3 Å². The van der Waals surface area contributed by atoms with Crippen LogP contribution in [0, 0.1) is 6.92 Å². The van der Waals surface area contributed by atoms with Gasteiger partial charge in [-0.05, 0) is 70.5 Å². The van der Waals surface area contributed by atoms with Crippen molar-refractivity contribution in [2.75, 3.05) is 7.11 Å². The zero-order valence-corrected chi connectivity index (χ0v) is 20.0. The number of ether oxygens (including phenoxy) is 1. The first-order valence-corrected chi connectivity index (χ1v) is 11.1. The third-order valence-corrected chi connectivity index (χ3v) is 5.81. The summed E-state index contributed by atoms with van der Waals surface area (Å²) in [7, 11) is 1.56. The minimum absolute atomic E-state index is 0.138. The number of nitrogens with zero attached hydrogens (tertiary/aromatic N) is 2. The average molecular weight is 460 g/mol. The highest BCUT2D eigenvalue weighted by atomic mass is 35.5. The number of halogens is 1. The molecule has 31 heavy (non-hydrogen) atoms. The van der Waals surface area contributed by atoms with E-state index in [0.29, 0.717) is 32.5 Å². The second-order valence-corrected chi connectivity index (χ2v) is 10.1. The molecule has 0 aliphatic heterocycles. The van der Waals surface area contributed by atoms with Crippen molar-refractivity contribution in [2.24, 2.45) is 0 Å². The molecule has 0 aliphatic carbocycles. The summed E-state index contributed by atoms with van der Waals surface area (Å²) in [5.74, 6) is 0.400. The number of fused-ring (bicyclic) bond motifs is 1. The summed E-state index contributed by atoms with van der Waals surface area (Å²) >= 11 is 7.35. The lowest BCUT2D eigenvalue weighted by molar-refractivity contribution is -0.121. The maximum Gasteiger partial charge on any atom is 0.266 e. The van der Waals surface area contributed by atoms with E-state index < -0.39 is 5.25 Å². The molecule has 164 valence electrons. The SMILES string of the molecule is COc1ccc(C)cc1-n1c(SC(C)C(=O)NC(C)(C)C)nc2cc(Cl)ccc2c1=O. The van der Waals surface area contributed by atoms with Crippen molar-refractivity contribution in [3.05, 3.63) is 57.3 Å². The van der Waals surface area contributed by atoms with E-state index in [1.165, 1.54) is 16.3 Å². The molecule has 0 saturated heterocycles. The molecular formula is C23H26ClN3O3S. The molecule has 1 N–H and O–H groups in total. The Bertz CT molecular complexity index is 1200. The first kappa shape index (κ1) is 23.2. The van der Waals surface area contributed by atoms with Crippen molar-refractivity contribution < 1.29 is 9.53 Å². The van der Waals surface area contributed by atoms with Crippen LogP contribution in [0.5, 0.6) is 5.75 Å². The molecule has 1 unspecified atom stereocenters. The predicted octanol–water partition coefficient (Wildman–Crippen LogP) is 4.75. The quantitative estimate of drug-likeness (QED) is 0.440. The van der Waals surface area contributed by atoms with E-state index in [4.69, 9.17) is 21.3 Å². The first-order chi connectivity index (χ1) is 14.5. The van der Waals surface area contributed by atoms with Crippen molar-refractivity contribution in [1.82, 2.24) is 14.9 Å². The van der Waals surface area contributed by atoms with Gasteiger partial charge in [-0.15, -0.1) is 0 Å². The highest BCUT2D eigenvalue weighted by Crippen LogP contribution is 2.30. The van der Waals surface area contributed by atoms with Gasteiger partial charge in [-0.25, -0.2) is 4.98 Å². The number of thioether (sulfide) groups is 1. The monoisotopic (exact) mass is 459 g/mol. The molecule has 6 nitrogen and oxygen atoms in total. The minimum Gasteiger partial charge on any atom is -0.495 e. The molecule has 3 aromatic rings. The van der Waals surface area contributed by atoms with E-state index in [2.05, 4.69) is 5.32 Å². The molecule has 0 spiro atoms. The van der Waals surface area contributed by atoms with Crippen molar-refractivity contribution in [3.63, 3.8) is 0 Å². The number of hydrogen-bond donors (Lipinski definition) is 1. The number of aromatic nitrogens is 2. The molecule has 1 aromatic heterocycles. The molecule has 3 rings (SSSR count). The standard InChI is InChI=1S/C23H26ClN3O3S/c1-13-7-10-19(30-6)18(11-13)27-21(29)16-9-8-15(24)12-17(16)25-22(27)31-14(2)20(28)26-23(3,4)5/h7-12,14H,1-6H3,(H,26,28). The molecular weight excluding hydrogens is 434 g/mol. The predicted molar refractivity (Wildman–Crippen MR) is 127 cm³/mol. The number of amides is 1. The maximum absolute atomic E-state index is 13.5. The highest BCUT2D eigenvalue weighted by molar-refractivity contribution is 8.00. The topological polar surface area (TPSA) is 73.2 Å². The van der Waals surface area contributed by atoms with Crippen LogP contribution in [-0.4, -0.2) is 33.4 Å². The lowest BCUT2D eigenvalue weighted by Crippen LogP contribution is -2.44. The number of rotatable bonds is 5. The van der Waals surface area contributed by atoms with Crippen LogP contribution >= 0.6 is 23.4 Å². The van der Waals surface area contributed by atoms with Crippen LogP contribution in [0.15, 0.2) is 46.3 Å².